The number of benzene rings is 1. The van der Waals surface area contributed by atoms with Gasteiger partial charge in [-0.1, -0.05) is 30.7 Å². The summed E-state index contributed by atoms with van der Waals surface area (Å²) in [6.07, 6.45) is 8.84. The van der Waals surface area contributed by atoms with Crippen molar-refractivity contribution in [1.29, 1.82) is 0 Å². The number of hydrogen-bond acceptors (Lipinski definition) is 5. The minimum atomic E-state index is -1.03. The molecule has 3 fully saturated rings. The van der Waals surface area contributed by atoms with Crippen LogP contribution >= 0.6 is 0 Å². The van der Waals surface area contributed by atoms with Gasteiger partial charge in [0.05, 0.1) is 7.11 Å². The fourth-order valence-corrected chi connectivity index (χ4v) is 7.82. The molecule has 1 saturated heterocycles. The second-order valence-electron chi connectivity index (χ2n) is 11.5. The van der Waals surface area contributed by atoms with E-state index in [9.17, 15) is 9.59 Å². The highest BCUT2D eigenvalue weighted by molar-refractivity contribution is 6.08. The molecule has 4 unspecified atom stereocenters. The Morgan fingerprint density at radius 3 is 2.82 bits per heavy atom. The summed E-state index contributed by atoms with van der Waals surface area (Å²) >= 11 is 0. The van der Waals surface area contributed by atoms with E-state index in [2.05, 4.69) is 32.0 Å². The van der Waals surface area contributed by atoms with E-state index in [1.165, 1.54) is 23.8 Å². The van der Waals surface area contributed by atoms with Crippen LogP contribution in [0.15, 0.2) is 18.2 Å². The predicted molar refractivity (Wildman–Crippen MR) is 129 cm³/mol. The Morgan fingerprint density at radius 2 is 2.06 bits per heavy atom. The monoisotopic (exact) mass is 468 g/mol. The molecule has 5 nitrogen and oxygen atoms in total. The quantitative estimate of drug-likeness (QED) is 0.313. The minimum absolute atomic E-state index is 0.124. The number of methoxy groups -OCH3 is 1. The Balaban J connectivity index is 1.35. The minimum Gasteiger partial charge on any atom is -0.468 e. The van der Waals surface area contributed by atoms with Gasteiger partial charge in [0.25, 0.3) is 0 Å². The van der Waals surface area contributed by atoms with Crippen molar-refractivity contribution >= 4 is 11.8 Å². The lowest BCUT2D eigenvalue weighted by Gasteiger charge is -2.48. The molecule has 0 aromatic heterocycles. The molecule has 4 aliphatic rings. The van der Waals surface area contributed by atoms with E-state index in [0.717, 1.165) is 51.6 Å². The normalized spacial score (nSPS) is 37.0. The third-order valence-corrected chi connectivity index (χ3v) is 9.56. The molecule has 34 heavy (non-hydrogen) atoms. The highest BCUT2D eigenvalue weighted by Crippen LogP contribution is 2.64. The fraction of sp³-hybridized carbons (Fsp3) is 0.724. The molecule has 2 saturated carbocycles. The van der Waals surface area contributed by atoms with Gasteiger partial charge in [0.15, 0.2) is 12.1 Å². The molecule has 5 rings (SSSR count). The zero-order chi connectivity index (χ0) is 23.9. The van der Waals surface area contributed by atoms with Crippen molar-refractivity contribution in [2.45, 2.75) is 90.3 Å². The van der Waals surface area contributed by atoms with E-state index in [4.69, 9.17) is 14.2 Å². The Bertz CT molecular complexity index is 934. The van der Waals surface area contributed by atoms with Gasteiger partial charge in [-0.15, -0.1) is 0 Å². The number of carbonyl (C=O) groups excluding carboxylic acids is 2. The Kier molecular flexibility index (Phi) is 6.62. The van der Waals surface area contributed by atoms with Gasteiger partial charge in [0, 0.05) is 18.6 Å². The van der Waals surface area contributed by atoms with E-state index in [0.29, 0.717) is 37.7 Å². The van der Waals surface area contributed by atoms with Gasteiger partial charge in [0.2, 0.25) is 0 Å². The molecule has 1 aromatic carbocycles. The topological polar surface area (TPSA) is 61.8 Å². The molecule has 3 aliphatic carbocycles. The van der Waals surface area contributed by atoms with Crippen LogP contribution in [0.1, 0.15) is 87.3 Å². The van der Waals surface area contributed by atoms with Gasteiger partial charge in [-0.2, -0.15) is 0 Å². The summed E-state index contributed by atoms with van der Waals surface area (Å²) in [5.74, 6) is 0.964. The van der Waals surface area contributed by atoms with E-state index in [-0.39, 0.29) is 24.0 Å². The molecule has 0 radical (unpaired) electrons. The molecule has 0 N–H and O–H groups in total. The lowest BCUT2D eigenvalue weighted by Crippen LogP contribution is -2.45. The summed E-state index contributed by atoms with van der Waals surface area (Å²) in [4.78, 5) is 27.3. The molecular weight excluding hydrogens is 428 g/mol. The summed E-state index contributed by atoms with van der Waals surface area (Å²) in [5.41, 5.74) is 2.81. The SMILES string of the molecule is COC(=O)[C@@]1(CCCOC2CCCCO2)CC2C3CCc4cc(C)ccc4C3CC[C@]2(C)C1=O. The van der Waals surface area contributed by atoms with Crippen LogP contribution in [0.4, 0.5) is 0 Å². The number of rotatable bonds is 6. The first-order chi connectivity index (χ1) is 16.4. The largest absolute Gasteiger partial charge is 0.468 e. The van der Waals surface area contributed by atoms with Crippen LogP contribution in [0.3, 0.4) is 0 Å². The molecule has 0 amide bonds. The molecule has 1 aromatic rings. The molecule has 1 aliphatic heterocycles. The van der Waals surface area contributed by atoms with Crippen LogP contribution in [-0.4, -0.2) is 38.4 Å². The number of esters is 1. The van der Waals surface area contributed by atoms with Crippen LogP contribution in [0.25, 0.3) is 0 Å². The summed E-state index contributed by atoms with van der Waals surface area (Å²) in [7, 11) is 1.43. The summed E-state index contributed by atoms with van der Waals surface area (Å²) in [6.45, 7) is 5.56. The zero-order valence-electron chi connectivity index (χ0n) is 21.1. The van der Waals surface area contributed by atoms with Gasteiger partial charge in [0.1, 0.15) is 5.41 Å². The van der Waals surface area contributed by atoms with Crippen molar-refractivity contribution < 1.29 is 23.8 Å². The van der Waals surface area contributed by atoms with Crippen LogP contribution in [0, 0.1) is 29.6 Å². The molecular formula is C29H40O5. The third kappa shape index (κ3) is 3.93. The molecule has 6 atom stereocenters. The first-order valence-electron chi connectivity index (χ1n) is 13.3. The molecule has 5 heteroatoms. The first kappa shape index (κ1) is 24.0. The van der Waals surface area contributed by atoms with E-state index >= 15 is 0 Å². The maximum atomic E-state index is 14.1. The van der Waals surface area contributed by atoms with Crippen molar-refractivity contribution in [3.63, 3.8) is 0 Å². The summed E-state index contributed by atoms with van der Waals surface area (Å²) in [5, 5.41) is 0. The number of hydrogen-bond donors (Lipinski definition) is 0. The van der Waals surface area contributed by atoms with Crippen molar-refractivity contribution in [1.82, 2.24) is 0 Å². The van der Waals surface area contributed by atoms with Crippen molar-refractivity contribution in [2.24, 2.45) is 22.7 Å². The number of carbonyl (C=O) groups is 2. The van der Waals surface area contributed by atoms with Gasteiger partial charge in [-0.3, -0.25) is 9.59 Å². The van der Waals surface area contributed by atoms with Gasteiger partial charge < -0.3 is 14.2 Å². The highest BCUT2D eigenvalue weighted by Gasteiger charge is 2.66. The van der Waals surface area contributed by atoms with Crippen LogP contribution in [0.5, 0.6) is 0 Å². The standard InChI is InChI=1S/C29H40O5/c1-19-8-10-21-20(17-19)9-11-23-22(21)12-14-28(2)24(23)18-29(26(28)30,27(31)32-3)13-6-16-34-25-7-4-5-15-33-25/h8,10,17,22-25H,4-7,9,11-16,18H2,1-3H3/t22?,23?,24?,25?,28-,29-/m0/s1. The number of fused-ring (bicyclic) bond motifs is 5. The maximum absolute atomic E-state index is 14.1. The van der Waals surface area contributed by atoms with Crippen LogP contribution in [0.2, 0.25) is 0 Å². The van der Waals surface area contributed by atoms with Crippen LogP contribution < -0.4 is 0 Å². The lowest BCUT2D eigenvalue weighted by molar-refractivity contribution is -0.166. The molecule has 1 heterocycles. The van der Waals surface area contributed by atoms with Crippen LogP contribution in [-0.2, 0) is 30.2 Å². The third-order valence-electron chi connectivity index (χ3n) is 9.56. The van der Waals surface area contributed by atoms with Crippen molar-refractivity contribution in [3.8, 4) is 0 Å². The predicted octanol–water partition coefficient (Wildman–Crippen LogP) is 5.51. The van der Waals surface area contributed by atoms with Gasteiger partial charge >= 0.3 is 5.97 Å². The molecule has 186 valence electrons. The average Bonchev–Trinajstić information content (AvgIpc) is 3.09. The highest BCUT2D eigenvalue weighted by atomic mass is 16.7. The Labute approximate surface area is 203 Å². The Morgan fingerprint density at radius 1 is 1.21 bits per heavy atom. The number of ketones is 1. The van der Waals surface area contributed by atoms with E-state index in [1.807, 2.05) is 0 Å². The summed E-state index contributed by atoms with van der Waals surface area (Å²) < 4.78 is 16.9. The second-order valence-corrected chi connectivity index (χ2v) is 11.5. The average molecular weight is 469 g/mol. The van der Waals surface area contributed by atoms with Gasteiger partial charge in [-0.05, 0) is 100 Å². The molecule has 0 spiro atoms. The van der Waals surface area contributed by atoms with Crippen molar-refractivity contribution in [2.75, 3.05) is 20.3 Å². The number of aryl methyl sites for hydroxylation is 2. The van der Waals surface area contributed by atoms with E-state index in [1.54, 1.807) is 0 Å². The number of ether oxygens (including phenoxy) is 3. The van der Waals surface area contributed by atoms with E-state index < -0.39 is 10.8 Å². The fourth-order valence-electron chi connectivity index (χ4n) is 7.82. The summed E-state index contributed by atoms with van der Waals surface area (Å²) in [6, 6.07) is 6.89. The smallest absolute Gasteiger partial charge is 0.319 e. The first-order valence-corrected chi connectivity index (χ1v) is 13.3. The Hall–Kier alpha value is -1.72. The zero-order valence-corrected chi connectivity index (χ0v) is 21.1. The molecule has 0 bridgehead atoms. The second kappa shape index (κ2) is 9.39. The van der Waals surface area contributed by atoms with Crippen molar-refractivity contribution in [3.05, 3.63) is 34.9 Å². The number of Topliss-reactive ketones (excluding diaryl/α,β-unsaturated/α-hetero) is 1. The lowest BCUT2D eigenvalue weighted by atomic mass is 9.55. The van der Waals surface area contributed by atoms with Gasteiger partial charge in [-0.25, -0.2) is 0 Å². The maximum Gasteiger partial charge on any atom is 0.319 e.